The standard InChI is InChI=1S/C13H24O4/c1-7-12(2,3)8-11(15)17-13(4,5)9-10(14)16-6/h7-9H2,1-6H3. The maximum atomic E-state index is 11.7. The van der Waals surface area contributed by atoms with Crippen LogP contribution in [-0.4, -0.2) is 24.6 Å². The van der Waals surface area contributed by atoms with Crippen LogP contribution in [0, 0.1) is 5.41 Å². The molecule has 0 aromatic heterocycles. The largest absolute Gasteiger partial charge is 0.469 e. The molecule has 0 saturated heterocycles. The van der Waals surface area contributed by atoms with Crippen LogP contribution in [0.4, 0.5) is 0 Å². The summed E-state index contributed by atoms with van der Waals surface area (Å²) >= 11 is 0. The van der Waals surface area contributed by atoms with E-state index >= 15 is 0 Å². The molecule has 0 aromatic carbocycles. The summed E-state index contributed by atoms with van der Waals surface area (Å²) in [5.74, 6) is -0.650. The Bertz CT molecular complexity index is 279. The van der Waals surface area contributed by atoms with Crippen molar-refractivity contribution in [1.82, 2.24) is 0 Å². The van der Waals surface area contributed by atoms with Crippen LogP contribution < -0.4 is 0 Å². The van der Waals surface area contributed by atoms with Crippen LogP contribution in [-0.2, 0) is 19.1 Å². The Morgan fingerprint density at radius 1 is 1.00 bits per heavy atom. The predicted molar refractivity (Wildman–Crippen MR) is 65.5 cm³/mol. The maximum absolute atomic E-state index is 11.7. The molecule has 0 spiro atoms. The van der Waals surface area contributed by atoms with Crippen LogP contribution in [0.3, 0.4) is 0 Å². The van der Waals surface area contributed by atoms with E-state index in [1.165, 1.54) is 7.11 Å². The minimum absolute atomic E-state index is 0.0710. The Morgan fingerprint density at radius 3 is 1.94 bits per heavy atom. The summed E-state index contributed by atoms with van der Waals surface area (Å²) < 4.78 is 9.87. The Labute approximate surface area is 104 Å². The summed E-state index contributed by atoms with van der Waals surface area (Å²) in [5, 5.41) is 0. The van der Waals surface area contributed by atoms with Gasteiger partial charge < -0.3 is 9.47 Å². The molecule has 0 N–H and O–H groups in total. The average molecular weight is 244 g/mol. The molecule has 17 heavy (non-hydrogen) atoms. The number of carbonyl (C=O) groups is 2. The first-order chi connectivity index (χ1) is 7.62. The molecule has 0 radical (unpaired) electrons. The normalized spacial score (nSPS) is 12.1. The third-order valence-electron chi connectivity index (χ3n) is 2.77. The zero-order valence-electron chi connectivity index (χ0n) is 11.8. The van der Waals surface area contributed by atoms with Crippen molar-refractivity contribution in [2.75, 3.05) is 7.11 Å². The van der Waals surface area contributed by atoms with Gasteiger partial charge in [-0.3, -0.25) is 9.59 Å². The summed E-state index contributed by atoms with van der Waals surface area (Å²) in [6, 6.07) is 0. The summed E-state index contributed by atoms with van der Waals surface area (Å²) in [6.45, 7) is 9.48. The van der Waals surface area contributed by atoms with Crippen LogP contribution >= 0.6 is 0 Å². The van der Waals surface area contributed by atoms with Crippen molar-refractivity contribution in [2.24, 2.45) is 5.41 Å². The van der Waals surface area contributed by atoms with Crippen LogP contribution in [0.15, 0.2) is 0 Å². The van der Waals surface area contributed by atoms with Crippen molar-refractivity contribution in [3.05, 3.63) is 0 Å². The summed E-state index contributed by atoms with van der Waals surface area (Å²) in [5.41, 5.74) is -0.883. The topological polar surface area (TPSA) is 52.6 Å². The Hall–Kier alpha value is -1.06. The fraction of sp³-hybridized carbons (Fsp3) is 0.846. The minimum Gasteiger partial charge on any atom is -0.469 e. The number of ether oxygens (including phenoxy) is 2. The highest BCUT2D eigenvalue weighted by molar-refractivity contribution is 5.73. The van der Waals surface area contributed by atoms with Gasteiger partial charge in [0, 0.05) is 0 Å². The molecule has 0 unspecified atom stereocenters. The third kappa shape index (κ3) is 6.97. The van der Waals surface area contributed by atoms with Crippen LogP contribution in [0.1, 0.15) is 53.9 Å². The number of methoxy groups -OCH3 is 1. The van der Waals surface area contributed by atoms with Gasteiger partial charge in [0.25, 0.3) is 0 Å². The summed E-state index contributed by atoms with van der Waals surface area (Å²) in [6.07, 6.45) is 1.33. The number of rotatable bonds is 6. The molecule has 0 amide bonds. The first-order valence-corrected chi connectivity index (χ1v) is 5.90. The molecule has 0 bridgehead atoms. The Morgan fingerprint density at radius 2 is 1.53 bits per heavy atom. The van der Waals surface area contributed by atoms with Gasteiger partial charge in [-0.2, -0.15) is 0 Å². The van der Waals surface area contributed by atoms with Gasteiger partial charge in [-0.1, -0.05) is 27.2 Å². The highest BCUT2D eigenvalue weighted by atomic mass is 16.6. The quantitative estimate of drug-likeness (QED) is 0.674. The number of hydrogen-bond donors (Lipinski definition) is 0. The maximum Gasteiger partial charge on any atom is 0.309 e. The van der Waals surface area contributed by atoms with Gasteiger partial charge in [-0.25, -0.2) is 0 Å². The predicted octanol–water partition coefficient (Wildman–Crippen LogP) is 2.70. The number of carbonyl (C=O) groups excluding carboxylic acids is 2. The van der Waals surface area contributed by atoms with Gasteiger partial charge in [0.1, 0.15) is 5.60 Å². The summed E-state index contributed by atoms with van der Waals surface area (Å²) in [7, 11) is 1.32. The fourth-order valence-corrected chi connectivity index (χ4v) is 1.32. The van der Waals surface area contributed by atoms with E-state index < -0.39 is 5.60 Å². The van der Waals surface area contributed by atoms with Crippen LogP contribution in [0.5, 0.6) is 0 Å². The molecule has 0 rings (SSSR count). The van der Waals surface area contributed by atoms with E-state index in [-0.39, 0.29) is 23.8 Å². The van der Waals surface area contributed by atoms with Crippen molar-refractivity contribution in [3.8, 4) is 0 Å². The molecular formula is C13H24O4. The molecule has 0 aliphatic rings. The second kappa shape index (κ2) is 6.03. The van der Waals surface area contributed by atoms with Crippen LogP contribution in [0.2, 0.25) is 0 Å². The van der Waals surface area contributed by atoms with Crippen molar-refractivity contribution in [1.29, 1.82) is 0 Å². The van der Waals surface area contributed by atoms with Gasteiger partial charge in [0.15, 0.2) is 0 Å². The zero-order chi connectivity index (χ0) is 13.7. The van der Waals surface area contributed by atoms with E-state index in [0.29, 0.717) is 6.42 Å². The van der Waals surface area contributed by atoms with Gasteiger partial charge in [0.05, 0.1) is 20.0 Å². The van der Waals surface area contributed by atoms with Crippen molar-refractivity contribution in [3.63, 3.8) is 0 Å². The van der Waals surface area contributed by atoms with E-state index in [1.807, 2.05) is 20.8 Å². The van der Waals surface area contributed by atoms with Gasteiger partial charge in [-0.15, -0.1) is 0 Å². The Balaban J connectivity index is 4.32. The lowest BCUT2D eigenvalue weighted by molar-refractivity contribution is -0.163. The zero-order valence-corrected chi connectivity index (χ0v) is 11.8. The fourth-order valence-electron chi connectivity index (χ4n) is 1.32. The number of esters is 2. The van der Waals surface area contributed by atoms with Crippen molar-refractivity contribution in [2.45, 2.75) is 59.5 Å². The van der Waals surface area contributed by atoms with E-state index in [2.05, 4.69) is 4.74 Å². The van der Waals surface area contributed by atoms with E-state index in [9.17, 15) is 9.59 Å². The minimum atomic E-state index is -0.812. The van der Waals surface area contributed by atoms with Gasteiger partial charge >= 0.3 is 11.9 Å². The van der Waals surface area contributed by atoms with E-state index in [4.69, 9.17) is 4.74 Å². The molecule has 0 aliphatic heterocycles. The second-order valence-electron chi connectivity index (χ2n) is 5.68. The SMILES string of the molecule is CCC(C)(C)CC(=O)OC(C)(C)CC(=O)OC. The molecule has 100 valence electrons. The molecule has 0 fully saturated rings. The van der Waals surface area contributed by atoms with E-state index in [0.717, 1.165) is 6.42 Å². The van der Waals surface area contributed by atoms with Crippen LogP contribution in [0.25, 0.3) is 0 Å². The molecular weight excluding hydrogens is 220 g/mol. The Kier molecular flexibility index (Phi) is 5.66. The van der Waals surface area contributed by atoms with Crippen molar-refractivity contribution >= 4 is 11.9 Å². The summed E-state index contributed by atoms with van der Waals surface area (Å²) in [4.78, 5) is 22.9. The molecule has 0 aliphatic carbocycles. The first-order valence-electron chi connectivity index (χ1n) is 5.90. The lowest BCUT2D eigenvalue weighted by atomic mass is 9.86. The molecule has 0 saturated carbocycles. The third-order valence-corrected chi connectivity index (χ3v) is 2.77. The molecule has 0 atom stereocenters. The molecule has 0 aromatic rings. The molecule has 4 heteroatoms. The smallest absolute Gasteiger partial charge is 0.309 e. The lowest BCUT2D eigenvalue weighted by Crippen LogP contribution is -2.33. The molecule has 0 heterocycles. The monoisotopic (exact) mass is 244 g/mol. The highest BCUT2D eigenvalue weighted by Gasteiger charge is 2.29. The lowest BCUT2D eigenvalue weighted by Gasteiger charge is -2.27. The van der Waals surface area contributed by atoms with Gasteiger partial charge in [0.2, 0.25) is 0 Å². The molecule has 4 nitrogen and oxygen atoms in total. The van der Waals surface area contributed by atoms with Gasteiger partial charge in [-0.05, 0) is 19.3 Å². The number of hydrogen-bond acceptors (Lipinski definition) is 4. The average Bonchev–Trinajstić information content (AvgIpc) is 2.14. The first kappa shape index (κ1) is 15.9. The highest BCUT2D eigenvalue weighted by Crippen LogP contribution is 2.26. The second-order valence-corrected chi connectivity index (χ2v) is 5.68. The van der Waals surface area contributed by atoms with E-state index in [1.54, 1.807) is 13.8 Å². The van der Waals surface area contributed by atoms with Crippen molar-refractivity contribution < 1.29 is 19.1 Å².